The maximum Gasteiger partial charge on any atom is 0.295 e. The SMILES string of the molecule is O=[N+]([O-])c1cc(S(=O)(=O)N2CCCC2)ccc1N/N=C/c1cccc(O)c1O. The fourth-order valence-electron chi connectivity index (χ4n) is 2.82. The Labute approximate surface area is 160 Å². The van der Waals surface area contributed by atoms with Gasteiger partial charge in [0, 0.05) is 24.7 Å². The molecule has 0 bridgehead atoms. The lowest BCUT2D eigenvalue weighted by Gasteiger charge is -2.15. The average molecular weight is 406 g/mol. The van der Waals surface area contributed by atoms with Crippen LogP contribution in [0.5, 0.6) is 11.5 Å². The molecule has 1 saturated heterocycles. The van der Waals surface area contributed by atoms with Gasteiger partial charge in [-0.25, -0.2) is 8.42 Å². The monoisotopic (exact) mass is 406 g/mol. The van der Waals surface area contributed by atoms with Gasteiger partial charge in [-0.2, -0.15) is 9.41 Å². The van der Waals surface area contributed by atoms with Gasteiger partial charge in [-0.05, 0) is 37.1 Å². The fraction of sp³-hybridized carbons (Fsp3) is 0.235. The number of hydrazone groups is 1. The molecule has 0 radical (unpaired) electrons. The Morgan fingerprint density at radius 2 is 1.89 bits per heavy atom. The van der Waals surface area contributed by atoms with Crippen LogP contribution in [0.2, 0.25) is 0 Å². The molecule has 11 heteroatoms. The van der Waals surface area contributed by atoms with Gasteiger partial charge < -0.3 is 10.2 Å². The summed E-state index contributed by atoms with van der Waals surface area (Å²) in [5, 5.41) is 34.4. The summed E-state index contributed by atoms with van der Waals surface area (Å²) in [7, 11) is -3.78. The molecule has 0 spiro atoms. The zero-order valence-corrected chi connectivity index (χ0v) is 15.5. The van der Waals surface area contributed by atoms with Crippen molar-refractivity contribution in [3.05, 3.63) is 52.1 Å². The Kier molecular flexibility index (Phi) is 5.47. The van der Waals surface area contributed by atoms with Gasteiger partial charge in [-0.3, -0.25) is 15.5 Å². The number of rotatable bonds is 6. The number of phenolic OH excluding ortho intramolecular Hbond substituents is 2. The molecule has 2 aromatic carbocycles. The smallest absolute Gasteiger partial charge is 0.295 e. The molecule has 1 aliphatic heterocycles. The van der Waals surface area contributed by atoms with Crippen LogP contribution in [0.15, 0.2) is 46.4 Å². The van der Waals surface area contributed by atoms with E-state index in [2.05, 4.69) is 10.5 Å². The topological polar surface area (TPSA) is 145 Å². The van der Waals surface area contributed by atoms with Gasteiger partial charge in [0.1, 0.15) is 5.69 Å². The largest absolute Gasteiger partial charge is 0.504 e. The van der Waals surface area contributed by atoms with E-state index < -0.39 is 20.6 Å². The maximum atomic E-state index is 12.6. The van der Waals surface area contributed by atoms with Crippen LogP contribution in [0.3, 0.4) is 0 Å². The van der Waals surface area contributed by atoms with Crippen LogP contribution in [0.4, 0.5) is 11.4 Å². The van der Waals surface area contributed by atoms with E-state index in [0.29, 0.717) is 13.1 Å². The van der Waals surface area contributed by atoms with E-state index in [-0.39, 0.29) is 27.6 Å². The first-order chi connectivity index (χ1) is 13.3. The van der Waals surface area contributed by atoms with E-state index in [1.165, 1.54) is 40.9 Å². The van der Waals surface area contributed by atoms with Crippen molar-refractivity contribution in [2.24, 2.45) is 5.10 Å². The van der Waals surface area contributed by atoms with E-state index in [4.69, 9.17) is 0 Å². The molecule has 3 rings (SSSR count). The molecule has 0 aliphatic carbocycles. The Hall–Kier alpha value is -3.18. The zero-order valence-electron chi connectivity index (χ0n) is 14.6. The molecule has 0 atom stereocenters. The molecule has 3 N–H and O–H groups in total. The normalized spacial score (nSPS) is 15.1. The highest BCUT2D eigenvalue weighted by atomic mass is 32.2. The molecule has 0 saturated carbocycles. The lowest BCUT2D eigenvalue weighted by Crippen LogP contribution is -2.27. The van der Waals surface area contributed by atoms with Gasteiger partial charge in [0.05, 0.1) is 16.0 Å². The number of aromatic hydroxyl groups is 2. The quantitative estimate of drug-likeness (QED) is 0.289. The predicted molar refractivity (Wildman–Crippen MR) is 102 cm³/mol. The molecule has 0 unspecified atom stereocenters. The summed E-state index contributed by atoms with van der Waals surface area (Å²) in [6.07, 6.45) is 2.70. The van der Waals surface area contributed by atoms with E-state index in [1.807, 2.05) is 0 Å². The number of phenols is 2. The second-order valence-corrected chi connectivity index (χ2v) is 8.07. The Morgan fingerprint density at radius 1 is 1.18 bits per heavy atom. The summed E-state index contributed by atoms with van der Waals surface area (Å²) in [6, 6.07) is 7.82. The molecule has 1 aliphatic rings. The molecule has 1 heterocycles. The number of hydrogen-bond acceptors (Lipinski definition) is 8. The first-order valence-electron chi connectivity index (χ1n) is 8.39. The van der Waals surface area contributed by atoms with E-state index in [0.717, 1.165) is 18.9 Å². The predicted octanol–water partition coefficient (Wildman–Crippen LogP) is 2.24. The highest BCUT2D eigenvalue weighted by Crippen LogP contribution is 2.30. The van der Waals surface area contributed by atoms with Crippen LogP contribution < -0.4 is 5.43 Å². The number of anilines is 1. The third-order valence-electron chi connectivity index (χ3n) is 4.30. The van der Waals surface area contributed by atoms with Crippen LogP contribution in [0.25, 0.3) is 0 Å². The Morgan fingerprint density at radius 3 is 2.57 bits per heavy atom. The van der Waals surface area contributed by atoms with Gasteiger partial charge >= 0.3 is 0 Å². The van der Waals surface area contributed by atoms with Gasteiger partial charge in [0.15, 0.2) is 11.5 Å². The van der Waals surface area contributed by atoms with Crippen molar-refractivity contribution in [1.29, 1.82) is 0 Å². The second-order valence-electron chi connectivity index (χ2n) is 6.13. The summed E-state index contributed by atoms with van der Waals surface area (Å²) >= 11 is 0. The molecule has 2 aromatic rings. The summed E-state index contributed by atoms with van der Waals surface area (Å²) in [5.41, 5.74) is 2.20. The van der Waals surface area contributed by atoms with Crippen molar-refractivity contribution >= 4 is 27.6 Å². The fourth-order valence-corrected chi connectivity index (χ4v) is 4.36. The first-order valence-corrected chi connectivity index (χ1v) is 9.83. The molecule has 28 heavy (non-hydrogen) atoms. The van der Waals surface area contributed by atoms with Gasteiger partial charge in [-0.15, -0.1) is 0 Å². The van der Waals surface area contributed by atoms with Gasteiger partial charge in [-0.1, -0.05) is 6.07 Å². The summed E-state index contributed by atoms with van der Waals surface area (Å²) < 4.78 is 26.5. The molecule has 1 fully saturated rings. The molecule has 148 valence electrons. The van der Waals surface area contributed by atoms with Crippen LogP contribution in [0, 0.1) is 10.1 Å². The van der Waals surface area contributed by atoms with Crippen molar-refractivity contribution in [2.75, 3.05) is 18.5 Å². The minimum Gasteiger partial charge on any atom is -0.504 e. The van der Waals surface area contributed by atoms with E-state index in [9.17, 15) is 28.7 Å². The third-order valence-corrected chi connectivity index (χ3v) is 6.20. The number of hydrogen-bond donors (Lipinski definition) is 3. The Balaban J connectivity index is 1.86. The van der Waals surface area contributed by atoms with Crippen molar-refractivity contribution < 1.29 is 23.6 Å². The van der Waals surface area contributed by atoms with Crippen LogP contribution in [-0.4, -0.2) is 47.2 Å². The van der Waals surface area contributed by atoms with Crippen LogP contribution >= 0.6 is 0 Å². The minimum atomic E-state index is -3.78. The summed E-state index contributed by atoms with van der Waals surface area (Å²) in [5.74, 6) is -0.707. The number of benzene rings is 2. The highest BCUT2D eigenvalue weighted by molar-refractivity contribution is 7.89. The third kappa shape index (κ3) is 3.89. The average Bonchev–Trinajstić information content (AvgIpc) is 3.21. The number of nitrogens with one attached hydrogen (secondary N) is 1. The molecular formula is C17H18N4O6S. The van der Waals surface area contributed by atoms with E-state index in [1.54, 1.807) is 0 Å². The zero-order chi connectivity index (χ0) is 20.3. The molecule has 0 amide bonds. The number of sulfonamides is 1. The minimum absolute atomic E-state index is 0.0127. The number of nitro groups is 1. The number of nitrogens with zero attached hydrogens (tertiary/aromatic N) is 3. The highest BCUT2D eigenvalue weighted by Gasteiger charge is 2.29. The summed E-state index contributed by atoms with van der Waals surface area (Å²) in [4.78, 5) is 10.5. The van der Waals surface area contributed by atoms with Crippen LogP contribution in [0.1, 0.15) is 18.4 Å². The van der Waals surface area contributed by atoms with Gasteiger partial charge in [0.2, 0.25) is 10.0 Å². The van der Waals surface area contributed by atoms with Crippen molar-refractivity contribution in [2.45, 2.75) is 17.7 Å². The molecular weight excluding hydrogens is 388 g/mol. The Bertz CT molecular complexity index is 1030. The number of nitro benzene ring substituents is 1. The van der Waals surface area contributed by atoms with E-state index >= 15 is 0 Å². The van der Waals surface area contributed by atoms with Crippen molar-refractivity contribution in [3.8, 4) is 11.5 Å². The molecule has 0 aromatic heterocycles. The lowest BCUT2D eigenvalue weighted by molar-refractivity contribution is -0.384. The van der Waals surface area contributed by atoms with Crippen LogP contribution in [-0.2, 0) is 10.0 Å². The second kappa shape index (κ2) is 7.82. The van der Waals surface area contributed by atoms with Crippen molar-refractivity contribution in [3.63, 3.8) is 0 Å². The number of para-hydroxylation sites is 1. The van der Waals surface area contributed by atoms with Gasteiger partial charge in [0.25, 0.3) is 5.69 Å². The standard InChI is InChI=1S/C17H18N4O6S/c22-16-5-3-4-12(17(16)23)11-18-19-14-7-6-13(10-15(14)21(24)25)28(26,27)20-8-1-2-9-20/h3-7,10-11,19,22-23H,1-2,8-9H2/b18-11+. The first kappa shape index (κ1) is 19.6. The lowest BCUT2D eigenvalue weighted by atomic mass is 10.2. The molecule has 10 nitrogen and oxygen atoms in total. The maximum absolute atomic E-state index is 12.6. The van der Waals surface area contributed by atoms with Crippen molar-refractivity contribution in [1.82, 2.24) is 4.31 Å². The summed E-state index contributed by atoms with van der Waals surface area (Å²) in [6.45, 7) is 0.793.